The minimum Gasteiger partial charge on any atom is -0.337 e. The van der Waals surface area contributed by atoms with Crippen molar-refractivity contribution >= 4 is 5.91 Å². The van der Waals surface area contributed by atoms with Gasteiger partial charge in [0.25, 0.3) is 0 Å². The first-order valence-electron chi connectivity index (χ1n) is 6.39. The van der Waals surface area contributed by atoms with Crippen LogP contribution < -0.4 is 5.32 Å². The second-order valence-electron chi connectivity index (χ2n) is 5.12. The molecule has 0 aliphatic carbocycles. The van der Waals surface area contributed by atoms with Crippen molar-refractivity contribution in [3.63, 3.8) is 0 Å². The lowest BCUT2D eigenvalue weighted by Gasteiger charge is -2.30. The molecule has 2 rings (SSSR count). The van der Waals surface area contributed by atoms with E-state index in [1.165, 1.54) is 5.57 Å². The van der Waals surface area contributed by atoms with E-state index in [1.807, 2.05) is 4.90 Å². The molecular weight excluding hydrogens is 200 g/mol. The van der Waals surface area contributed by atoms with Gasteiger partial charge in [0.15, 0.2) is 0 Å². The molecule has 3 heteroatoms. The van der Waals surface area contributed by atoms with Crippen molar-refractivity contribution in [1.29, 1.82) is 0 Å². The summed E-state index contributed by atoms with van der Waals surface area (Å²) in [6, 6.07) is 0.0917. The fourth-order valence-electron chi connectivity index (χ4n) is 2.53. The molecule has 90 valence electrons. The normalized spacial score (nSPS) is 26.1. The smallest absolute Gasteiger partial charge is 0.239 e. The third kappa shape index (κ3) is 2.46. The molecule has 2 heterocycles. The Morgan fingerprint density at radius 2 is 2.38 bits per heavy atom. The van der Waals surface area contributed by atoms with Crippen LogP contribution in [0.5, 0.6) is 0 Å². The van der Waals surface area contributed by atoms with Crippen LogP contribution in [0, 0.1) is 5.92 Å². The standard InChI is InChI=1S/C13H22N2O/c1-10(2)11-5-8-15(9-6-11)13(16)12-4-3-7-14-12/h5,10,12,14H,3-4,6-9H2,1-2H3. The Kier molecular flexibility index (Phi) is 3.64. The van der Waals surface area contributed by atoms with E-state index in [2.05, 4.69) is 25.2 Å². The van der Waals surface area contributed by atoms with Gasteiger partial charge in [0, 0.05) is 13.1 Å². The molecule has 0 aromatic heterocycles. The maximum Gasteiger partial charge on any atom is 0.239 e. The van der Waals surface area contributed by atoms with Crippen LogP contribution in [0.15, 0.2) is 11.6 Å². The molecule has 0 bridgehead atoms. The van der Waals surface area contributed by atoms with Crippen LogP contribution in [0.3, 0.4) is 0 Å². The van der Waals surface area contributed by atoms with E-state index in [1.54, 1.807) is 0 Å². The van der Waals surface area contributed by atoms with Gasteiger partial charge in [-0.15, -0.1) is 0 Å². The second kappa shape index (κ2) is 5.00. The van der Waals surface area contributed by atoms with E-state index in [0.717, 1.165) is 38.9 Å². The average Bonchev–Trinajstić information content (AvgIpc) is 2.81. The first kappa shape index (κ1) is 11.6. The summed E-state index contributed by atoms with van der Waals surface area (Å²) in [6.45, 7) is 7.16. The molecule has 2 aliphatic heterocycles. The summed E-state index contributed by atoms with van der Waals surface area (Å²) < 4.78 is 0. The SMILES string of the molecule is CC(C)C1=CCN(C(=O)C2CCCN2)CC1. The predicted molar refractivity (Wildman–Crippen MR) is 65.1 cm³/mol. The molecule has 1 fully saturated rings. The van der Waals surface area contributed by atoms with Gasteiger partial charge in [0.1, 0.15) is 0 Å². The predicted octanol–water partition coefficient (Wildman–Crippen LogP) is 1.55. The summed E-state index contributed by atoms with van der Waals surface area (Å²) in [5.74, 6) is 0.929. The number of carbonyl (C=O) groups is 1. The Morgan fingerprint density at radius 3 is 2.88 bits per heavy atom. The van der Waals surface area contributed by atoms with E-state index in [-0.39, 0.29) is 6.04 Å². The molecule has 1 N–H and O–H groups in total. The molecule has 2 aliphatic rings. The van der Waals surface area contributed by atoms with Crippen LogP contribution in [-0.2, 0) is 4.79 Å². The van der Waals surface area contributed by atoms with Crippen molar-refractivity contribution < 1.29 is 4.79 Å². The van der Waals surface area contributed by atoms with Crippen LogP contribution in [0.4, 0.5) is 0 Å². The Bertz CT molecular complexity index is 290. The van der Waals surface area contributed by atoms with Gasteiger partial charge in [-0.05, 0) is 31.7 Å². The summed E-state index contributed by atoms with van der Waals surface area (Å²) >= 11 is 0. The van der Waals surface area contributed by atoms with Crippen molar-refractivity contribution in [2.24, 2.45) is 5.92 Å². The van der Waals surface area contributed by atoms with Crippen molar-refractivity contribution in [3.8, 4) is 0 Å². The summed E-state index contributed by atoms with van der Waals surface area (Å²) in [7, 11) is 0. The lowest BCUT2D eigenvalue weighted by atomic mass is 9.96. The van der Waals surface area contributed by atoms with Gasteiger partial charge in [0.2, 0.25) is 5.91 Å². The maximum absolute atomic E-state index is 12.1. The van der Waals surface area contributed by atoms with Gasteiger partial charge in [0.05, 0.1) is 6.04 Å². The van der Waals surface area contributed by atoms with Crippen LogP contribution in [-0.4, -0.2) is 36.5 Å². The van der Waals surface area contributed by atoms with Gasteiger partial charge in [-0.3, -0.25) is 4.79 Å². The number of amides is 1. The Balaban J connectivity index is 1.90. The summed E-state index contributed by atoms with van der Waals surface area (Å²) in [4.78, 5) is 14.1. The zero-order valence-corrected chi connectivity index (χ0v) is 10.3. The van der Waals surface area contributed by atoms with E-state index >= 15 is 0 Å². The highest BCUT2D eigenvalue weighted by molar-refractivity contribution is 5.82. The molecule has 0 spiro atoms. The van der Waals surface area contributed by atoms with Gasteiger partial charge >= 0.3 is 0 Å². The lowest BCUT2D eigenvalue weighted by Crippen LogP contribution is -2.45. The largest absolute Gasteiger partial charge is 0.337 e. The Hall–Kier alpha value is -0.830. The van der Waals surface area contributed by atoms with Gasteiger partial charge in [-0.1, -0.05) is 25.5 Å². The van der Waals surface area contributed by atoms with E-state index in [9.17, 15) is 4.79 Å². The fourth-order valence-corrected chi connectivity index (χ4v) is 2.53. The highest BCUT2D eigenvalue weighted by Gasteiger charge is 2.27. The molecule has 1 atom stereocenters. The van der Waals surface area contributed by atoms with Crippen molar-refractivity contribution in [1.82, 2.24) is 10.2 Å². The average molecular weight is 222 g/mol. The van der Waals surface area contributed by atoms with E-state index in [0.29, 0.717) is 11.8 Å². The summed E-state index contributed by atoms with van der Waals surface area (Å²) in [6.07, 6.45) is 5.44. The minimum absolute atomic E-state index is 0.0917. The molecule has 3 nitrogen and oxygen atoms in total. The Morgan fingerprint density at radius 1 is 1.56 bits per heavy atom. The quantitative estimate of drug-likeness (QED) is 0.719. The first-order chi connectivity index (χ1) is 7.68. The molecule has 0 radical (unpaired) electrons. The van der Waals surface area contributed by atoms with Crippen molar-refractivity contribution in [3.05, 3.63) is 11.6 Å². The van der Waals surface area contributed by atoms with Gasteiger partial charge in [-0.2, -0.15) is 0 Å². The third-order valence-corrected chi connectivity index (χ3v) is 3.66. The maximum atomic E-state index is 12.1. The molecule has 0 aromatic carbocycles. The highest BCUT2D eigenvalue weighted by atomic mass is 16.2. The topological polar surface area (TPSA) is 32.3 Å². The third-order valence-electron chi connectivity index (χ3n) is 3.66. The molecule has 0 saturated carbocycles. The monoisotopic (exact) mass is 222 g/mol. The lowest BCUT2D eigenvalue weighted by molar-refractivity contribution is -0.132. The van der Waals surface area contributed by atoms with Crippen molar-refractivity contribution in [2.45, 2.75) is 39.2 Å². The van der Waals surface area contributed by atoms with Crippen LogP contribution in [0.2, 0.25) is 0 Å². The van der Waals surface area contributed by atoms with Crippen molar-refractivity contribution in [2.75, 3.05) is 19.6 Å². The van der Waals surface area contributed by atoms with E-state index < -0.39 is 0 Å². The number of hydrogen-bond donors (Lipinski definition) is 1. The number of nitrogens with one attached hydrogen (secondary N) is 1. The first-order valence-corrected chi connectivity index (χ1v) is 6.39. The minimum atomic E-state index is 0.0917. The van der Waals surface area contributed by atoms with Gasteiger partial charge < -0.3 is 10.2 Å². The second-order valence-corrected chi connectivity index (χ2v) is 5.12. The number of rotatable bonds is 2. The summed E-state index contributed by atoms with van der Waals surface area (Å²) in [5, 5.41) is 3.28. The number of carbonyl (C=O) groups excluding carboxylic acids is 1. The zero-order valence-electron chi connectivity index (χ0n) is 10.3. The van der Waals surface area contributed by atoms with Crippen LogP contribution in [0.1, 0.15) is 33.1 Å². The van der Waals surface area contributed by atoms with Crippen LogP contribution in [0.25, 0.3) is 0 Å². The highest BCUT2D eigenvalue weighted by Crippen LogP contribution is 2.20. The van der Waals surface area contributed by atoms with Crippen LogP contribution >= 0.6 is 0 Å². The number of nitrogens with zero attached hydrogens (tertiary/aromatic N) is 1. The zero-order chi connectivity index (χ0) is 11.5. The van der Waals surface area contributed by atoms with E-state index in [4.69, 9.17) is 0 Å². The molecule has 1 unspecified atom stereocenters. The fraction of sp³-hybridized carbons (Fsp3) is 0.769. The molecule has 16 heavy (non-hydrogen) atoms. The van der Waals surface area contributed by atoms with Gasteiger partial charge in [-0.25, -0.2) is 0 Å². The molecule has 1 saturated heterocycles. The summed E-state index contributed by atoms with van der Waals surface area (Å²) in [5.41, 5.74) is 1.50. The Labute approximate surface area is 97.9 Å². The number of hydrogen-bond acceptors (Lipinski definition) is 2. The molecule has 0 aromatic rings. The molecule has 1 amide bonds. The molecular formula is C13H22N2O.